The fourth-order valence-corrected chi connectivity index (χ4v) is 2.79. The van der Waals surface area contributed by atoms with Crippen LogP contribution in [0.4, 0.5) is 4.79 Å². The molecule has 0 aromatic rings. The van der Waals surface area contributed by atoms with Crippen LogP contribution in [0.25, 0.3) is 0 Å². The van der Waals surface area contributed by atoms with E-state index in [0.29, 0.717) is 6.42 Å². The Hall–Kier alpha value is -1.35. The highest BCUT2D eigenvalue weighted by molar-refractivity contribution is 7.88. The number of rotatable bonds is 8. The SMILES string of the molecule is CCC(C)[C@H](NC(=O)NCC(C)(C)NS(C)(=O)=O)C(=O)O. The summed E-state index contributed by atoms with van der Waals surface area (Å²) in [6.45, 7) is 6.81. The van der Waals surface area contributed by atoms with E-state index in [9.17, 15) is 18.0 Å². The van der Waals surface area contributed by atoms with E-state index in [2.05, 4.69) is 15.4 Å². The van der Waals surface area contributed by atoms with E-state index < -0.39 is 33.6 Å². The van der Waals surface area contributed by atoms with Gasteiger partial charge in [-0.05, 0) is 19.8 Å². The summed E-state index contributed by atoms with van der Waals surface area (Å²) in [5.41, 5.74) is -0.875. The Kier molecular flexibility index (Phi) is 7.11. The number of hydrogen-bond acceptors (Lipinski definition) is 4. The number of hydrogen-bond donors (Lipinski definition) is 4. The Morgan fingerprint density at radius 3 is 2.19 bits per heavy atom. The molecule has 0 aliphatic heterocycles. The summed E-state index contributed by atoms with van der Waals surface area (Å²) in [6.07, 6.45) is 1.64. The minimum absolute atomic E-state index is 0.0265. The summed E-state index contributed by atoms with van der Waals surface area (Å²) in [5, 5.41) is 13.9. The van der Waals surface area contributed by atoms with Crippen LogP contribution in [0.5, 0.6) is 0 Å². The highest BCUT2D eigenvalue weighted by atomic mass is 32.2. The molecule has 9 heteroatoms. The summed E-state index contributed by atoms with van der Waals surface area (Å²) in [7, 11) is -3.40. The fraction of sp³-hybridized carbons (Fsp3) is 0.833. The van der Waals surface area contributed by atoms with Gasteiger partial charge in [0.15, 0.2) is 0 Å². The van der Waals surface area contributed by atoms with Crippen LogP contribution >= 0.6 is 0 Å². The molecule has 2 amide bonds. The first-order valence-electron chi connectivity index (χ1n) is 6.64. The minimum atomic E-state index is -3.40. The molecule has 0 heterocycles. The first-order valence-corrected chi connectivity index (χ1v) is 8.53. The maximum Gasteiger partial charge on any atom is 0.326 e. The van der Waals surface area contributed by atoms with Gasteiger partial charge in [-0.2, -0.15) is 0 Å². The molecule has 21 heavy (non-hydrogen) atoms. The van der Waals surface area contributed by atoms with Gasteiger partial charge in [-0.3, -0.25) is 0 Å². The number of sulfonamides is 1. The number of aliphatic carboxylic acids is 1. The number of urea groups is 1. The Labute approximate surface area is 125 Å². The lowest BCUT2D eigenvalue weighted by Gasteiger charge is -2.26. The molecule has 0 bridgehead atoms. The third-order valence-electron chi connectivity index (χ3n) is 2.92. The van der Waals surface area contributed by atoms with E-state index in [1.54, 1.807) is 20.8 Å². The third kappa shape index (κ3) is 8.51. The van der Waals surface area contributed by atoms with Crippen LogP contribution in [0, 0.1) is 5.92 Å². The van der Waals surface area contributed by atoms with Crippen LogP contribution in [0.15, 0.2) is 0 Å². The van der Waals surface area contributed by atoms with E-state index in [4.69, 9.17) is 5.11 Å². The third-order valence-corrected chi connectivity index (χ3v) is 3.84. The molecule has 0 aliphatic rings. The van der Waals surface area contributed by atoms with Gasteiger partial charge in [0.05, 0.1) is 6.26 Å². The van der Waals surface area contributed by atoms with Crippen LogP contribution < -0.4 is 15.4 Å². The molecule has 0 spiro atoms. The molecule has 0 aliphatic carbocycles. The van der Waals surface area contributed by atoms with Gasteiger partial charge in [0.25, 0.3) is 0 Å². The molecule has 2 atom stereocenters. The quantitative estimate of drug-likeness (QED) is 0.505. The lowest BCUT2D eigenvalue weighted by molar-refractivity contribution is -0.140. The molecule has 0 saturated heterocycles. The zero-order valence-corrected chi connectivity index (χ0v) is 13.9. The Morgan fingerprint density at radius 1 is 1.29 bits per heavy atom. The molecule has 0 aromatic heterocycles. The topological polar surface area (TPSA) is 125 Å². The molecule has 8 nitrogen and oxygen atoms in total. The number of nitrogens with one attached hydrogen (secondary N) is 3. The maximum atomic E-state index is 11.7. The van der Waals surface area contributed by atoms with Crippen molar-refractivity contribution in [1.82, 2.24) is 15.4 Å². The second-order valence-corrected chi connectivity index (χ2v) is 7.54. The highest BCUT2D eigenvalue weighted by Crippen LogP contribution is 2.08. The maximum absolute atomic E-state index is 11.7. The molecular formula is C12H25N3O5S. The molecule has 0 aromatic carbocycles. The first kappa shape index (κ1) is 19.7. The van der Waals surface area contributed by atoms with E-state index in [0.717, 1.165) is 6.26 Å². The van der Waals surface area contributed by atoms with E-state index in [-0.39, 0.29) is 12.5 Å². The first-order chi connectivity index (χ1) is 9.38. The second kappa shape index (κ2) is 7.60. The molecule has 0 radical (unpaired) electrons. The van der Waals surface area contributed by atoms with Gasteiger partial charge in [0.1, 0.15) is 6.04 Å². The standard InChI is InChI=1S/C12H25N3O5S/c1-6-8(2)9(10(16)17)14-11(18)13-7-12(3,4)15-21(5,19)20/h8-9,15H,6-7H2,1-5H3,(H,16,17)(H2,13,14,18)/t8?,9-/m0/s1. The Bertz CT molecular complexity index is 475. The number of carboxylic acids is 1. The van der Waals surface area contributed by atoms with Crippen LogP contribution in [0.3, 0.4) is 0 Å². The monoisotopic (exact) mass is 323 g/mol. The number of carbonyl (C=O) groups excluding carboxylic acids is 1. The summed E-state index contributed by atoms with van der Waals surface area (Å²) in [4.78, 5) is 22.8. The molecular weight excluding hydrogens is 298 g/mol. The molecule has 124 valence electrons. The van der Waals surface area contributed by atoms with E-state index in [1.807, 2.05) is 6.92 Å². The van der Waals surface area contributed by atoms with Gasteiger partial charge < -0.3 is 15.7 Å². The van der Waals surface area contributed by atoms with Crippen LogP contribution in [0.2, 0.25) is 0 Å². The number of carboxylic acid groups (broad SMARTS) is 1. The van der Waals surface area contributed by atoms with Gasteiger partial charge in [0.2, 0.25) is 10.0 Å². The average molecular weight is 323 g/mol. The zero-order valence-electron chi connectivity index (χ0n) is 13.1. The lowest BCUT2D eigenvalue weighted by Crippen LogP contribution is -2.55. The second-order valence-electron chi connectivity index (χ2n) is 5.79. The molecule has 1 unspecified atom stereocenters. The predicted molar refractivity (Wildman–Crippen MR) is 79.5 cm³/mol. The smallest absolute Gasteiger partial charge is 0.326 e. The summed E-state index contributed by atoms with van der Waals surface area (Å²) in [5.74, 6) is -1.32. The van der Waals surface area contributed by atoms with Crippen molar-refractivity contribution in [2.75, 3.05) is 12.8 Å². The van der Waals surface area contributed by atoms with Crippen molar-refractivity contribution in [3.05, 3.63) is 0 Å². The van der Waals surface area contributed by atoms with Crippen molar-refractivity contribution in [1.29, 1.82) is 0 Å². The molecule has 4 N–H and O–H groups in total. The molecule has 0 saturated carbocycles. The van der Waals surface area contributed by atoms with Crippen LogP contribution in [0.1, 0.15) is 34.1 Å². The van der Waals surface area contributed by atoms with Crippen molar-refractivity contribution in [2.45, 2.75) is 45.7 Å². The van der Waals surface area contributed by atoms with E-state index in [1.165, 1.54) is 0 Å². The van der Waals surface area contributed by atoms with Crippen molar-refractivity contribution in [2.24, 2.45) is 5.92 Å². The summed E-state index contributed by atoms with van der Waals surface area (Å²) >= 11 is 0. The van der Waals surface area contributed by atoms with Gasteiger partial charge in [0, 0.05) is 12.1 Å². The average Bonchev–Trinajstić information content (AvgIpc) is 2.29. The van der Waals surface area contributed by atoms with Gasteiger partial charge in [-0.15, -0.1) is 0 Å². The van der Waals surface area contributed by atoms with E-state index >= 15 is 0 Å². The number of amides is 2. The van der Waals surface area contributed by atoms with Gasteiger partial charge >= 0.3 is 12.0 Å². The predicted octanol–water partition coefficient (Wildman–Crippen LogP) is 0.113. The minimum Gasteiger partial charge on any atom is -0.480 e. The number of carbonyl (C=O) groups is 2. The van der Waals surface area contributed by atoms with Gasteiger partial charge in [-0.25, -0.2) is 22.7 Å². The van der Waals surface area contributed by atoms with Crippen molar-refractivity contribution in [3.63, 3.8) is 0 Å². The van der Waals surface area contributed by atoms with Crippen molar-refractivity contribution >= 4 is 22.0 Å². The van der Waals surface area contributed by atoms with Gasteiger partial charge in [-0.1, -0.05) is 20.3 Å². The lowest BCUT2D eigenvalue weighted by atomic mass is 9.99. The van der Waals surface area contributed by atoms with Crippen LogP contribution in [-0.4, -0.2) is 49.9 Å². The van der Waals surface area contributed by atoms with Crippen molar-refractivity contribution < 1.29 is 23.1 Å². The summed E-state index contributed by atoms with van der Waals surface area (Å²) < 4.78 is 24.7. The zero-order chi connectivity index (χ0) is 16.8. The summed E-state index contributed by atoms with van der Waals surface area (Å²) in [6, 6.07) is -1.63. The Balaban J connectivity index is 4.53. The van der Waals surface area contributed by atoms with Crippen molar-refractivity contribution in [3.8, 4) is 0 Å². The highest BCUT2D eigenvalue weighted by Gasteiger charge is 2.27. The fourth-order valence-electron chi connectivity index (χ4n) is 1.71. The molecule has 0 rings (SSSR count). The molecule has 0 fully saturated rings. The normalized spacial score (nSPS) is 15.1. The Morgan fingerprint density at radius 2 is 1.81 bits per heavy atom. The largest absolute Gasteiger partial charge is 0.480 e. The van der Waals surface area contributed by atoms with Crippen LogP contribution in [-0.2, 0) is 14.8 Å².